The second-order valence-electron chi connectivity index (χ2n) is 5.07. The predicted molar refractivity (Wildman–Crippen MR) is 72.8 cm³/mol. The summed E-state index contributed by atoms with van der Waals surface area (Å²) in [6.45, 7) is 2.02. The number of nitrogens with zero attached hydrogens (tertiary/aromatic N) is 2. The van der Waals surface area contributed by atoms with Crippen molar-refractivity contribution in [2.75, 3.05) is 0 Å². The smallest absolute Gasteiger partial charge is 0.223 e. The Kier molecular flexibility index (Phi) is 3.07. The molecule has 98 valence electrons. The van der Waals surface area contributed by atoms with Gasteiger partial charge in [0.25, 0.3) is 0 Å². The molecular weight excluding hydrogens is 238 g/mol. The lowest BCUT2D eigenvalue weighted by molar-refractivity contribution is -0.122. The van der Waals surface area contributed by atoms with Crippen LogP contribution in [0.1, 0.15) is 31.4 Å². The summed E-state index contributed by atoms with van der Waals surface area (Å²) in [5.74, 6) is 0.443. The van der Waals surface area contributed by atoms with Crippen LogP contribution in [-0.2, 0) is 4.79 Å². The first-order chi connectivity index (χ1) is 9.24. The van der Waals surface area contributed by atoms with E-state index in [2.05, 4.69) is 10.3 Å². The molecule has 1 heterocycles. The maximum Gasteiger partial charge on any atom is 0.223 e. The molecule has 4 heteroatoms. The SMILES string of the molecule is CC(NC(=O)C1CC1)c1ccc(-n2ccnc2)cc1. The van der Waals surface area contributed by atoms with Crippen LogP contribution in [0.5, 0.6) is 0 Å². The number of rotatable bonds is 4. The van der Waals surface area contributed by atoms with Gasteiger partial charge in [-0.05, 0) is 37.5 Å². The minimum absolute atomic E-state index is 0.0601. The number of carbonyl (C=O) groups excluding carboxylic acids is 1. The van der Waals surface area contributed by atoms with E-state index in [1.54, 1.807) is 12.5 Å². The molecule has 1 N–H and O–H groups in total. The highest BCUT2D eigenvalue weighted by molar-refractivity contribution is 5.81. The van der Waals surface area contributed by atoms with Crippen molar-refractivity contribution in [1.82, 2.24) is 14.9 Å². The van der Waals surface area contributed by atoms with Crippen LogP contribution in [0.25, 0.3) is 5.69 Å². The third kappa shape index (κ3) is 2.67. The van der Waals surface area contributed by atoms with Gasteiger partial charge in [0.1, 0.15) is 0 Å². The monoisotopic (exact) mass is 255 g/mol. The van der Waals surface area contributed by atoms with Gasteiger partial charge in [0.05, 0.1) is 12.4 Å². The number of imidazole rings is 1. The highest BCUT2D eigenvalue weighted by Crippen LogP contribution is 2.29. The van der Waals surface area contributed by atoms with Crippen LogP contribution in [0.3, 0.4) is 0 Å². The van der Waals surface area contributed by atoms with Crippen molar-refractivity contribution in [2.24, 2.45) is 5.92 Å². The van der Waals surface area contributed by atoms with Crippen molar-refractivity contribution in [3.05, 3.63) is 48.5 Å². The van der Waals surface area contributed by atoms with Crippen molar-refractivity contribution in [1.29, 1.82) is 0 Å². The average Bonchev–Trinajstić information content (AvgIpc) is 3.14. The van der Waals surface area contributed by atoms with Gasteiger partial charge in [-0.15, -0.1) is 0 Å². The Morgan fingerprint density at radius 2 is 2.11 bits per heavy atom. The molecule has 0 saturated heterocycles. The largest absolute Gasteiger partial charge is 0.349 e. The molecule has 1 aliphatic carbocycles. The number of aromatic nitrogens is 2. The van der Waals surface area contributed by atoms with Crippen molar-refractivity contribution >= 4 is 5.91 Å². The molecule has 0 aliphatic heterocycles. The normalized spacial score (nSPS) is 16.1. The van der Waals surface area contributed by atoms with Crippen LogP contribution in [-0.4, -0.2) is 15.5 Å². The van der Waals surface area contributed by atoms with Gasteiger partial charge in [-0.2, -0.15) is 0 Å². The molecule has 1 amide bonds. The maximum atomic E-state index is 11.7. The number of nitrogens with one attached hydrogen (secondary N) is 1. The Balaban J connectivity index is 1.69. The van der Waals surface area contributed by atoms with E-state index in [9.17, 15) is 4.79 Å². The van der Waals surface area contributed by atoms with E-state index in [0.717, 1.165) is 24.1 Å². The van der Waals surface area contributed by atoms with Crippen LogP contribution in [0.2, 0.25) is 0 Å². The first kappa shape index (κ1) is 12.0. The molecule has 3 rings (SSSR count). The second-order valence-corrected chi connectivity index (χ2v) is 5.07. The number of hydrogen-bond acceptors (Lipinski definition) is 2. The summed E-state index contributed by atoms with van der Waals surface area (Å²) in [5, 5.41) is 3.05. The average molecular weight is 255 g/mol. The minimum atomic E-state index is 0.0601. The van der Waals surface area contributed by atoms with Gasteiger partial charge < -0.3 is 9.88 Å². The van der Waals surface area contributed by atoms with E-state index in [0.29, 0.717) is 0 Å². The quantitative estimate of drug-likeness (QED) is 0.912. The van der Waals surface area contributed by atoms with Crippen molar-refractivity contribution < 1.29 is 4.79 Å². The van der Waals surface area contributed by atoms with Gasteiger partial charge in [0.2, 0.25) is 5.91 Å². The molecule has 1 saturated carbocycles. The summed E-state index contributed by atoms with van der Waals surface area (Å²) >= 11 is 0. The van der Waals surface area contributed by atoms with Crippen molar-refractivity contribution in [2.45, 2.75) is 25.8 Å². The first-order valence-corrected chi connectivity index (χ1v) is 6.63. The zero-order valence-electron chi connectivity index (χ0n) is 10.9. The van der Waals surface area contributed by atoms with Gasteiger partial charge in [-0.1, -0.05) is 12.1 Å². The lowest BCUT2D eigenvalue weighted by Crippen LogP contribution is -2.27. The molecule has 1 aliphatic rings. The van der Waals surface area contributed by atoms with E-state index >= 15 is 0 Å². The van der Waals surface area contributed by atoms with Crippen LogP contribution in [0.4, 0.5) is 0 Å². The van der Waals surface area contributed by atoms with Gasteiger partial charge >= 0.3 is 0 Å². The summed E-state index contributed by atoms with van der Waals surface area (Å²) in [6.07, 6.45) is 7.52. The summed E-state index contributed by atoms with van der Waals surface area (Å²) in [6, 6.07) is 8.23. The molecule has 2 aromatic rings. The molecule has 0 bridgehead atoms. The molecule has 4 nitrogen and oxygen atoms in total. The van der Waals surface area contributed by atoms with E-state index in [-0.39, 0.29) is 17.9 Å². The zero-order valence-corrected chi connectivity index (χ0v) is 10.9. The Bertz CT molecular complexity index is 556. The molecule has 1 unspecified atom stereocenters. The van der Waals surface area contributed by atoms with E-state index in [1.807, 2.05) is 42.0 Å². The molecule has 0 spiro atoms. The van der Waals surface area contributed by atoms with Gasteiger partial charge in [-0.3, -0.25) is 4.79 Å². The Morgan fingerprint density at radius 1 is 1.37 bits per heavy atom. The number of hydrogen-bond donors (Lipinski definition) is 1. The summed E-state index contributed by atoms with van der Waals surface area (Å²) in [7, 11) is 0. The number of carbonyl (C=O) groups is 1. The van der Waals surface area contributed by atoms with Crippen LogP contribution < -0.4 is 5.32 Å². The maximum absolute atomic E-state index is 11.7. The third-order valence-corrected chi connectivity index (χ3v) is 3.50. The summed E-state index contributed by atoms with van der Waals surface area (Å²) < 4.78 is 1.96. The minimum Gasteiger partial charge on any atom is -0.349 e. The van der Waals surface area contributed by atoms with Crippen LogP contribution in [0, 0.1) is 5.92 Å². The second kappa shape index (κ2) is 4.88. The van der Waals surface area contributed by atoms with E-state index in [1.165, 1.54) is 0 Å². The lowest BCUT2D eigenvalue weighted by Gasteiger charge is -2.14. The van der Waals surface area contributed by atoms with Crippen molar-refractivity contribution in [3.63, 3.8) is 0 Å². The fraction of sp³-hybridized carbons (Fsp3) is 0.333. The van der Waals surface area contributed by atoms with Crippen LogP contribution in [0.15, 0.2) is 43.0 Å². The third-order valence-electron chi connectivity index (χ3n) is 3.50. The van der Waals surface area contributed by atoms with Crippen LogP contribution >= 0.6 is 0 Å². The number of amides is 1. The first-order valence-electron chi connectivity index (χ1n) is 6.63. The molecular formula is C15H17N3O. The van der Waals surface area contributed by atoms with E-state index in [4.69, 9.17) is 0 Å². The topological polar surface area (TPSA) is 46.9 Å². The molecule has 1 aromatic carbocycles. The van der Waals surface area contributed by atoms with Gasteiger partial charge in [-0.25, -0.2) is 4.98 Å². The fourth-order valence-electron chi connectivity index (χ4n) is 2.11. The molecule has 1 atom stereocenters. The lowest BCUT2D eigenvalue weighted by atomic mass is 10.1. The molecule has 19 heavy (non-hydrogen) atoms. The van der Waals surface area contributed by atoms with Crippen molar-refractivity contribution in [3.8, 4) is 5.69 Å². The number of benzene rings is 1. The predicted octanol–water partition coefficient (Wildman–Crippen LogP) is 2.46. The summed E-state index contributed by atoms with van der Waals surface area (Å²) in [4.78, 5) is 15.7. The van der Waals surface area contributed by atoms with E-state index < -0.39 is 0 Å². The molecule has 0 radical (unpaired) electrons. The highest BCUT2D eigenvalue weighted by Gasteiger charge is 2.30. The fourth-order valence-corrected chi connectivity index (χ4v) is 2.11. The summed E-state index contributed by atoms with van der Waals surface area (Å²) in [5.41, 5.74) is 2.19. The van der Waals surface area contributed by atoms with Gasteiger partial charge in [0.15, 0.2) is 0 Å². The molecule has 1 aromatic heterocycles. The standard InChI is InChI=1S/C15H17N3O/c1-11(17-15(19)13-2-3-13)12-4-6-14(7-5-12)18-9-8-16-10-18/h4-11,13H,2-3H2,1H3,(H,17,19). The Morgan fingerprint density at radius 3 is 2.68 bits per heavy atom. The Labute approximate surface area is 112 Å². The Hall–Kier alpha value is -2.10. The zero-order chi connectivity index (χ0) is 13.2. The molecule has 1 fully saturated rings. The highest BCUT2D eigenvalue weighted by atomic mass is 16.2. The van der Waals surface area contributed by atoms with Gasteiger partial charge in [0, 0.05) is 24.0 Å².